The molecule has 0 radical (unpaired) electrons. The van der Waals surface area contributed by atoms with Crippen LogP contribution in [0, 0.1) is 17.0 Å². The maximum absolute atomic E-state index is 12.0. The van der Waals surface area contributed by atoms with Gasteiger partial charge in [0.05, 0.1) is 15.4 Å². The Labute approximate surface area is 119 Å². The zero-order chi connectivity index (χ0) is 15.1. The van der Waals surface area contributed by atoms with Gasteiger partial charge in [0.25, 0.3) is 20.6 Å². The van der Waals surface area contributed by atoms with E-state index in [4.69, 9.17) is 10.7 Å². The van der Waals surface area contributed by atoms with Crippen LogP contribution in [0.1, 0.15) is 28.8 Å². The molecule has 108 valence electrons. The van der Waals surface area contributed by atoms with E-state index in [0.717, 1.165) is 25.0 Å². The van der Waals surface area contributed by atoms with E-state index in [1.54, 1.807) is 0 Å². The van der Waals surface area contributed by atoms with Crippen molar-refractivity contribution >= 4 is 31.3 Å². The Hall–Kier alpha value is -1.67. The maximum Gasteiger partial charge on any atom is 0.274 e. The van der Waals surface area contributed by atoms with E-state index in [9.17, 15) is 23.3 Å². The van der Waals surface area contributed by atoms with Crippen LogP contribution in [-0.4, -0.2) is 25.3 Å². The number of nitrogens with one attached hydrogen (secondary N) is 1. The fourth-order valence-electron chi connectivity index (χ4n) is 1.73. The highest BCUT2D eigenvalue weighted by Gasteiger charge is 2.28. The summed E-state index contributed by atoms with van der Waals surface area (Å²) in [4.78, 5) is 21.7. The molecule has 0 unspecified atom stereocenters. The van der Waals surface area contributed by atoms with Gasteiger partial charge in [0, 0.05) is 28.4 Å². The van der Waals surface area contributed by atoms with E-state index in [0.29, 0.717) is 0 Å². The van der Waals surface area contributed by atoms with Crippen LogP contribution in [0.4, 0.5) is 5.69 Å². The molecule has 7 nitrogen and oxygen atoms in total. The number of rotatable bonds is 4. The summed E-state index contributed by atoms with van der Waals surface area (Å²) in [6, 6.07) is 1.96. The van der Waals surface area contributed by atoms with Crippen LogP contribution in [0.3, 0.4) is 0 Å². The molecule has 1 aromatic carbocycles. The monoisotopic (exact) mass is 318 g/mol. The lowest BCUT2D eigenvalue weighted by atomic mass is 10.1. The lowest BCUT2D eigenvalue weighted by Crippen LogP contribution is -2.26. The normalized spacial score (nSPS) is 14.9. The zero-order valence-electron chi connectivity index (χ0n) is 10.4. The van der Waals surface area contributed by atoms with E-state index in [1.165, 1.54) is 6.92 Å². The Bertz CT molecular complexity index is 697. The third-order valence-corrected chi connectivity index (χ3v) is 4.32. The largest absolute Gasteiger partial charge is 0.349 e. The van der Waals surface area contributed by atoms with Crippen molar-refractivity contribution in [3.8, 4) is 0 Å². The van der Waals surface area contributed by atoms with Gasteiger partial charge in [-0.2, -0.15) is 0 Å². The van der Waals surface area contributed by atoms with Gasteiger partial charge < -0.3 is 5.32 Å². The molecule has 1 saturated carbocycles. The van der Waals surface area contributed by atoms with Gasteiger partial charge in [-0.3, -0.25) is 14.9 Å². The summed E-state index contributed by atoms with van der Waals surface area (Å²) in [5.41, 5.74) is -0.393. The molecule has 1 fully saturated rings. The van der Waals surface area contributed by atoms with Crippen LogP contribution in [0.5, 0.6) is 0 Å². The summed E-state index contributed by atoms with van der Waals surface area (Å²) in [5.74, 6) is -0.532. The van der Waals surface area contributed by atoms with Gasteiger partial charge in [-0.05, 0) is 25.8 Å². The Balaban J connectivity index is 2.56. The van der Waals surface area contributed by atoms with Gasteiger partial charge in [0.2, 0.25) is 0 Å². The molecule has 1 amide bonds. The third-order valence-electron chi connectivity index (χ3n) is 2.99. The highest BCUT2D eigenvalue weighted by molar-refractivity contribution is 8.13. The van der Waals surface area contributed by atoms with E-state index in [-0.39, 0.29) is 17.2 Å². The maximum atomic E-state index is 12.0. The number of halogens is 1. The van der Waals surface area contributed by atoms with Gasteiger partial charge in [0.15, 0.2) is 0 Å². The number of nitrogens with zero attached hydrogens (tertiary/aromatic N) is 1. The van der Waals surface area contributed by atoms with Gasteiger partial charge in [-0.15, -0.1) is 0 Å². The highest BCUT2D eigenvalue weighted by atomic mass is 35.7. The number of hydrogen-bond donors (Lipinski definition) is 1. The van der Waals surface area contributed by atoms with E-state index >= 15 is 0 Å². The second-order valence-corrected chi connectivity index (χ2v) is 7.12. The SMILES string of the molecule is Cc1c(C(=O)NC2CC2)cc(S(=O)(=O)Cl)cc1[N+](=O)[O-]. The summed E-state index contributed by atoms with van der Waals surface area (Å²) < 4.78 is 22.7. The standard InChI is InChI=1S/C11H11ClN2O5S/c1-6-9(11(15)13-7-2-3-7)4-8(20(12,18)19)5-10(6)14(16)17/h4-5,7H,2-3H2,1H3,(H,13,15). The quantitative estimate of drug-likeness (QED) is 0.517. The van der Waals surface area contributed by atoms with Crippen LogP contribution in [-0.2, 0) is 9.05 Å². The molecule has 1 N–H and O–H groups in total. The number of nitro groups is 1. The molecule has 0 bridgehead atoms. The van der Waals surface area contributed by atoms with Crippen molar-refractivity contribution in [1.29, 1.82) is 0 Å². The van der Waals surface area contributed by atoms with Crippen molar-refractivity contribution < 1.29 is 18.1 Å². The van der Waals surface area contributed by atoms with Crippen molar-refractivity contribution in [2.24, 2.45) is 0 Å². The number of carbonyl (C=O) groups excluding carboxylic acids is 1. The molecule has 0 heterocycles. The minimum Gasteiger partial charge on any atom is -0.349 e. The van der Waals surface area contributed by atoms with E-state index in [1.807, 2.05) is 0 Å². The summed E-state index contributed by atoms with van der Waals surface area (Å²) in [6.07, 6.45) is 1.70. The predicted octanol–water partition coefficient (Wildman–Crippen LogP) is 1.72. The van der Waals surface area contributed by atoms with Crippen molar-refractivity contribution in [2.45, 2.75) is 30.7 Å². The van der Waals surface area contributed by atoms with Crippen LogP contribution >= 0.6 is 10.7 Å². The minimum atomic E-state index is -4.16. The second-order valence-electron chi connectivity index (χ2n) is 4.56. The van der Waals surface area contributed by atoms with Crippen LogP contribution in [0.25, 0.3) is 0 Å². The molecule has 0 saturated heterocycles. The fourth-order valence-corrected chi connectivity index (χ4v) is 2.51. The summed E-state index contributed by atoms with van der Waals surface area (Å²) in [7, 11) is 1.04. The first-order valence-corrected chi connectivity index (χ1v) is 8.05. The van der Waals surface area contributed by atoms with Crippen LogP contribution in [0.15, 0.2) is 17.0 Å². The first-order chi connectivity index (χ1) is 9.20. The molecular formula is C11H11ClN2O5S. The van der Waals surface area contributed by atoms with Crippen molar-refractivity contribution in [3.63, 3.8) is 0 Å². The molecule has 1 aliphatic carbocycles. The average molecular weight is 319 g/mol. The van der Waals surface area contributed by atoms with Gasteiger partial charge in [0.1, 0.15) is 0 Å². The number of nitro benzene ring substituents is 1. The topological polar surface area (TPSA) is 106 Å². The number of hydrogen-bond acceptors (Lipinski definition) is 5. The van der Waals surface area contributed by atoms with Crippen molar-refractivity contribution in [1.82, 2.24) is 5.32 Å². The molecule has 0 spiro atoms. The Morgan fingerprint density at radius 3 is 2.50 bits per heavy atom. The molecule has 9 heteroatoms. The number of carbonyl (C=O) groups is 1. The van der Waals surface area contributed by atoms with E-state index < -0.39 is 30.5 Å². The highest BCUT2D eigenvalue weighted by Crippen LogP contribution is 2.29. The molecule has 0 aliphatic heterocycles. The molecule has 2 rings (SSSR count). The summed E-state index contributed by atoms with van der Waals surface area (Å²) >= 11 is 0. The Morgan fingerprint density at radius 2 is 2.05 bits per heavy atom. The average Bonchev–Trinajstić information content (AvgIpc) is 3.10. The van der Waals surface area contributed by atoms with Crippen LogP contribution < -0.4 is 5.32 Å². The molecule has 20 heavy (non-hydrogen) atoms. The van der Waals surface area contributed by atoms with Crippen molar-refractivity contribution in [2.75, 3.05) is 0 Å². The summed E-state index contributed by atoms with van der Waals surface area (Å²) in [5, 5.41) is 13.6. The lowest BCUT2D eigenvalue weighted by Gasteiger charge is -2.08. The molecule has 0 atom stereocenters. The van der Waals surface area contributed by atoms with E-state index in [2.05, 4.69) is 5.32 Å². The number of benzene rings is 1. The Morgan fingerprint density at radius 1 is 1.45 bits per heavy atom. The van der Waals surface area contributed by atoms with Gasteiger partial charge in [-0.25, -0.2) is 8.42 Å². The summed E-state index contributed by atoms with van der Waals surface area (Å²) in [6.45, 7) is 1.39. The van der Waals surface area contributed by atoms with Gasteiger partial charge in [-0.1, -0.05) is 0 Å². The lowest BCUT2D eigenvalue weighted by molar-refractivity contribution is -0.385. The number of amides is 1. The predicted molar refractivity (Wildman–Crippen MR) is 71.4 cm³/mol. The smallest absolute Gasteiger partial charge is 0.274 e. The van der Waals surface area contributed by atoms with Crippen molar-refractivity contribution in [3.05, 3.63) is 33.4 Å². The molecular weight excluding hydrogens is 308 g/mol. The molecule has 1 aliphatic rings. The Kier molecular flexibility index (Phi) is 3.70. The molecule has 0 aromatic heterocycles. The molecule has 1 aromatic rings. The van der Waals surface area contributed by atoms with Crippen LogP contribution in [0.2, 0.25) is 0 Å². The first-order valence-electron chi connectivity index (χ1n) is 5.74. The van der Waals surface area contributed by atoms with Gasteiger partial charge >= 0.3 is 0 Å². The first kappa shape index (κ1) is 14.7. The zero-order valence-corrected chi connectivity index (χ0v) is 12.0. The third kappa shape index (κ3) is 3.07. The second kappa shape index (κ2) is 5.02. The fraction of sp³-hybridized carbons (Fsp3) is 0.364. The minimum absolute atomic E-state index is 0.0506.